The summed E-state index contributed by atoms with van der Waals surface area (Å²) >= 11 is 0. The summed E-state index contributed by atoms with van der Waals surface area (Å²) in [6, 6.07) is 7.81. The molecule has 5 heteroatoms. The van der Waals surface area contributed by atoms with Crippen LogP contribution in [0.2, 0.25) is 0 Å². The van der Waals surface area contributed by atoms with E-state index < -0.39 is 0 Å². The molecule has 2 rings (SSSR count). The minimum Gasteiger partial charge on any atom is -0.497 e. The van der Waals surface area contributed by atoms with E-state index >= 15 is 0 Å². The van der Waals surface area contributed by atoms with E-state index in [2.05, 4.69) is 17.1 Å². The molecular weight excluding hydrogens is 242 g/mol. The Balaban J connectivity index is 2.20. The van der Waals surface area contributed by atoms with Gasteiger partial charge >= 0.3 is 0 Å². The van der Waals surface area contributed by atoms with Crippen molar-refractivity contribution in [2.24, 2.45) is 5.73 Å². The summed E-state index contributed by atoms with van der Waals surface area (Å²) in [5.41, 5.74) is 6.62. The first-order valence-corrected chi connectivity index (χ1v) is 6.53. The molecule has 1 heterocycles. The Labute approximate surface area is 113 Å². The van der Waals surface area contributed by atoms with Crippen LogP contribution in [-0.4, -0.2) is 43.6 Å². The maximum atomic E-state index is 11.5. The molecule has 1 aromatic rings. The van der Waals surface area contributed by atoms with Crippen molar-refractivity contribution in [3.8, 4) is 5.75 Å². The van der Waals surface area contributed by atoms with Crippen molar-refractivity contribution in [2.45, 2.75) is 19.0 Å². The van der Waals surface area contributed by atoms with Crippen molar-refractivity contribution >= 4 is 5.91 Å². The third kappa shape index (κ3) is 3.05. The van der Waals surface area contributed by atoms with Crippen LogP contribution in [0.3, 0.4) is 0 Å². The number of ether oxygens (including phenoxy) is 1. The van der Waals surface area contributed by atoms with Crippen molar-refractivity contribution in [1.29, 1.82) is 0 Å². The van der Waals surface area contributed by atoms with E-state index in [1.165, 1.54) is 0 Å². The molecular formula is C14H21N3O2. The van der Waals surface area contributed by atoms with E-state index in [1.54, 1.807) is 7.11 Å². The number of nitrogens with one attached hydrogen (secondary N) is 1. The van der Waals surface area contributed by atoms with Gasteiger partial charge < -0.3 is 15.8 Å². The number of primary amides is 1. The Morgan fingerprint density at radius 1 is 1.58 bits per heavy atom. The van der Waals surface area contributed by atoms with Gasteiger partial charge in [0, 0.05) is 25.7 Å². The third-order valence-electron chi connectivity index (χ3n) is 3.69. The minimum atomic E-state index is -0.276. The second-order valence-electron chi connectivity index (χ2n) is 4.81. The molecule has 104 valence electrons. The fourth-order valence-electron chi connectivity index (χ4n) is 2.54. The van der Waals surface area contributed by atoms with Crippen LogP contribution >= 0.6 is 0 Å². The molecule has 1 fully saturated rings. The number of amides is 1. The molecule has 0 aliphatic carbocycles. The number of carbonyl (C=O) groups is 1. The number of hydrogen-bond donors (Lipinski definition) is 2. The largest absolute Gasteiger partial charge is 0.497 e. The molecule has 0 saturated carbocycles. The Bertz CT molecular complexity index is 450. The maximum Gasteiger partial charge on any atom is 0.236 e. The summed E-state index contributed by atoms with van der Waals surface area (Å²) in [5, 5.41) is 3.21. The molecule has 3 N–H and O–H groups in total. The first kappa shape index (κ1) is 13.8. The van der Waals surface area contributed by atoms with Crippen LogP contribution in [0.5, 0.6) is 5.75 Å². The molecule has 0 spiro atoms. The SMILES string of the molecule is COc1cccc(C(C)N2CCNCC2C(N)=O)c1. The zero-order chi connectivity index (χ0) is 13.8. The lowest BCUT2D eigenvalue weighted by molar-refractivity contribution is -0.124. The molecule has 5 nitrogen and oxygen atoms in total. The molecule has 1 aliphatic heterocycles. The normalized spacial score (nSPS) is 21.9. The zero-order valence-corrected chi connectivity index (χ0v) is 11.4. The highest BCUT2D eigenvalue weighted by atomic mass is 16.5. The van der Waals surface area contributed by atoms with Crippen LogP contribution in [0.15, 0.2) is 24.3 Å². The number of piperazine rings is 1. The lowest BCUT2D eigenvalue weighted by Gasteiger charge is -2.38. The minimum absolute atomic E-state index is 0.134. The number of carbonyl (C=O) groups excluding carboxylic acids is 1. The van der Waals surface area contributed by atoms with E-state index in [0.29, 0.717) is 6.54 Å². The Kier molecular flexibility index (Phi) is 4.39. The smallest absolute Gasteiger partial charge is 0.236 e. The van der Waals surface area contributed by atoms with Crippen LogP contribution in [0.1, 0.15) is 18.5 Å². The number of rotatable bonds is 4. The van der Waals surface area contributed by atoms with Gasteiger partial charge in [0.05, 0.1) is 7.11 Å². The average Bonchev–Trinajstić information content (AvgIpc) is 2.46. The summed E-state index contributed by atoms with van der Waals surface area (Å²) in [5.74, 6) is 0.553. The molecule has 1 aliphatic rings. The molecule has 1 saturated heterocycles. The summed E-state index contributed by atoms with van der Waals surface area (Å²) in [7, 11) is 1.65. The monoisotopic (exact) mass is 263 g/mol. The van der Waals surface area contributed by atoms with Gasteiger partial charge in [-0.05, 0) is 24.6 Å². The lowest BCUT2D eigenvalue weighted by atomic mass is 10.0. The van der Waals surface area contributed by atoms with E-state index in [-0.39, 0.29) is 18.0 Å². The van der Waals surface area contributed by atoms with Gasteiger partial charge in [-0.15, -0.1) is 0 Å². The van der Waals surface area contributed by atoms with Gasteiger partial charge in [0.2, 0.25) is 5.91 Å². The standard InChI is InChI=1S/C14H21N3O2/c1-10(11-4-3-5-12(8-11)19-2)17-7-6-16-9-13(17)14(15)18/h3-5,8,10,13,16H,6-7,9H2,1-2H3,(H2,15,18). The number of methoxy groups -OCH3 is 1. The van der Waals surface area contributed by atoms with Crippen molar-refractivity contribution in [2.75, 3.05) is 26.7 Å². The third-order valence-corrected chi connectivity index (χ3v) is 3.69. The Morgan fingerprint density at radius 3 is 3.05 bits per heavy atom. The zero-order valence-electron chi connectivity index (χ0n) is 11.4. The maximum absolute atomic E-state index is 11.5. The fourth-order valence-corrected chi connectivity index (χ4v) is 2.54. The molecule has 0 aromatic heterocycles. The molecule has 0 bridgehead atoms. The molecule has 19 heavy (non-hydrogen) atoms. The molecule has 1 aromatic carbocycles. The van der Waals surface area contributed by atoms with Crippen LogP contribution in [0.25, 0.3) is 0 Å². The number of nitrogens with two attached hydrogens (primary N) is 1. The van der Waals surface area contributed by atoms with E-state index in [4.69, 9.17) is 10.5 Å². The van der Waals surface area contributed by atoms with Gasteiger partial charge in [-0.2, -0.15) is 0 Å². The predicted octanol–water partition coefficient (Wildman–Crippen LogP) is 0.515. The molecule has 1 amide bonds. The Hall–Kier alpha value is -1.59. The van der Waals surface area contributed by atoms with Gasteiger partial charge in [-0.25, -0.2) is 0 Å². The number of hydrogen-bond acceptors (Lipinski definition) is 4. The highest BCUT2D eigenvalue weighted by Crippen LogP contribution is 2.26. The molecule has 2 unspecified atom stereocenters. The molecule has 2 atom stereocenters. The van der Waals surface area contributed by atoms with E-state index in [0.717, 1.165) is 24.4 Å². The van der Waals surface area contributed by atoms with Crippen molar-refractivity contribution in [3.63, 3.8) is 0 Å². The van der Waals surface area contributed by atoms with Gasteiger partial charge in [-0.3, -0.25) is 9.69 Å². The van der Waals surface area contributed by atoms with Gasteiger partial charge in [-0.1, -0.05) is 12.1 Å². The lowest BCUT2D eigenvalue weighted by Crippen LogP contribution is -2.57. The van der Waals surface area contributed by atoms with Gasteiger partial charge in [0.1, 0.15) is 11.8 Å². The average molecular weight is 263 g/mol. The van der Waals surface area contributed by atoms with Crippen LogP contribution in [-0.2, 0) is 4.79 Å². The summed E-state index contributed by atoms with van der Waals surface area (Å²) in [6.45, 7) is 4.39. The van der Waals surface area contributed by atoms with E-state index in [1.807, 2.05) is 24.3 Å². The van der Waals surface area contributed by atoms with Gasteiger partial charge in [0.25, 0.3) is 0 Å². The van der Waals surface area contributed by atoms with Crippen LogP contribution in [0, 0.1) is 0 Å². The van der Waals surface area contributed by atoms with Crippen molar-refractivity contribution < 1.29 is 9.53 Å². The topological polar surface area (TPSA) is 67.6 Å². The quantitative estimate of drug-likeness (QED) is 0.831. The second-order valence-corrected chi connectivity index (χ2v) is 4.81. The van der Waals surface area contributed by atoms with Crippen molar-refractivity contribution in [1.82, 2.24) is 10.2 Å². The van der Waals surface area contributed by atoms with Crippen LogP contribution in [0.4, 0.5) is 0 Å². The summed E-state index contributed by atoms with van der Waals surface area (Å²) < 4.78 is 5.24. The first-order chi connectivity index (χ1) is 9.13. The molecule has 0 radical (unpaired) electrons. The van der Waals surface area contributed by atoms with Crippen LogP contribution < -0.4 is 15.8 Å². The fraction of sp³-hybridized carbons (Fsp3) is 0.500. The Morgan fingerprint density at radius 2 is 2.37 bits per heavy atom. The highest BCUT2D eigenvalue weighted by Gasteiger charge is 2.30. The second kappa shape index (κ2) is 6.04. The van der Waals surface area contributed by atoms with E-state index in [9.17, 15) is 4.79 Å². The summed E-state index contributed by atoms with van der Waals surface area (Å²) in [6.07, 6.45) is 0. The highest BCUT2D eigenvalue weighted by molar-refractivity contribution is 5.80. The van der Waals surface area contributed by atoms with Gasteiger partial charge in [0.15, 0.2) is 0 Å². The number of nitrogens with zero attached hydrogens (tertiary/aromatic N) is 1. The van der Waals surface area contributed by atoms with Crippen molar-refractivity contribution in [3.05, 3.63) is 29.8 Å². The predicted molar refractivity (Wildman–Crippen MR) is 74.0 cm³/mol. The number of benzene rings is 1. The first-order valence-electron chi connectivity index (χ1n) is 6.53. The summed E-state index contributed by atoms with van der Waals surface area (Å²) in [4.78, 5) is 13.7.